The van der Waals surface area contributed by atoms with Crippen LogP contribution in [0.2, 0.25) is 0 Å². The number of sulfone groups is 1. The molecule has 0 N–H and O–H groups in total. The highest BCUT2D eigenvalue weighted by Crippen LogP contribution is 2.23. The predicted octanol–water partition coefficient (Wildman–Crippen LogP) is 1.43. The van der Waals surface area contributed by atoms with E-state index in [2.05, 4.69) is 0 Å². The summed E-state index contributed by atoms with van der Waals surface area (Å²) in [6.07, 6.45) is 0.686. The SMILES string of the molecule is COc1ccc(OC(=O)CC2CCS(=O)(=O)C2)cc1. The Bertz CT molecular complexity index is 547. The summed E-state index contributed by atoms with van der Waals surface area (Å²) < 4.78 is 32.7. The van der Waals surface area contributed by atoms with E-state index < -0.39 is 15.8 Å². The van der Waals surface area contributed by atoms with Gasteiger partial charge in [0.05, 0.1) is 18.6 Å². The molecule has 2 rings (SSSR count). The lowest BCUT2D eigenvalue weighted by Crippen LogP contribution is -2.15. The quantitative estimate of drug-likeness (QED) is 0.618. The van der Waals surface area contributed by atoms with Crippen LogP contribution in [0.15, 0.2) is 24.3 Å². The molecule has 19 heavy (non-hydrogen) atoms. The minimum absolute atomic E-state index is 0.0880. The molecule has 1 aliphatic rings. The van der Waals surface area contributed by atoms with Crippen molar-refractivity contribution in [2.24, 2.45) is 5.92 Å². The van der Waals surface area contributed by atoms with Crippen molar-refractivity contribution in [3.05, 3.63) is 24.3 Å². The second kappa shape index (κ2) is 5.61. The highest BCUT2D eigenvalue weighted by atomic mass is 32.2. The molecule has 0 amide bonds. The van der Waals surface area contributed by atoms with E-state index in [1.165, 1.54) is 0 Å². The summed E-state index contributed by atoms with van der Waals surface area (Å²) in [4.78, 5) is 11.7. The van der Waals surface area contributed by atoms with Crippen LogP contribution in [-0.2, 0) is 14.6 Å². The molecule has 1 aliphatic heterocycles. The van der Waals surface area contributed by atoms with Gasteiger partial charge >= 0.3 is 5.97 Å². The molecule has 5 nitrogen and oxygen atoms in total. The van der Waals surface area contributed by atoms with E-state index in [0.29, 0.717) is 17.9 Å². The molecule has 0 radical (unpaired) electrons. The topological polar surface area (TPSA) is 69.7 Å². The van der Waals surface area contributed by atoms with E-state index in [1.54, 1.807) is 31.4 Å². The number of carbonyl (C=O) groups is 1. The van der Waals surface area contributed by atoms with E-state index in [0.717, 1.165) is 0 Å². The largest absolute Gasteiger partial charge is 0.497 e. The summed E-state index contributed by atoms with van der Waals surface area (Å²) in [5.41, 5.74) is 0. The van der Waals surface area contributed by atoms with Crippen molar-refractivity contribution >= 4 is 15.8 Å². The number of carbonyl (C=O) groups excluding carboxylic acids is 1. The summed E-state index contributed by atoms with van der Waals surface area (Å²) in [5, 5.41) is 0. The van der Waals surface area contributed by atoms with Gasteiger partial charge in [0.25, 0.3) is 0 Å². The maximum Gasteiger partial charge on any atom is 0.311 e. The van der Waals surface area contributed by atoms with Gasteiger partial charge in [-0.15, -0.1) is 0 Å². The van der Waals surface area contributed by atoms with Gasteiger partial charge in [0.2, 0.25) is 0 Å². The molecule has 1 fully saturated rings. The van der Waals surface area contributed by atoms with Gasteiger partial charge in [-0.2, -0.15) is 0 Å². The predicted molar refractivity (Wildman–Crippen MR) is 70.0 cm³/mol. The van der Waals surface area contributed by atoms with Gasteiger partial charge in [-0.3, -0.25) is 4.79 Å². The molecule has 1 unspecified atom stereocenters. The number of hydrogen-bond acceptors (Lipinski definition) is 5. The van der Waals surface area contributed by atoms with Crippen molar-refractivity contribution in [3.63, 3.8) is 0 Å². The first-order valence-corrected chi connectivity index (χ1v) is 7.86. The lowest BCUT2D eigenvalue weighted by Gasteiger charge is -2.08. The van der Waals surface area contributed by atoms with Crippen LogP contribution in [0.5, 0.6) is 11.5 Å². The fourth-order valence-corrected chi connectivity index (χ4v) is 3.95. The zero-order chi connectivity index (χ0) is 13.9. The van der Waals surface area contributed by atoms with Gasteiger partial charge in [0.15, 0.2) is 9.84 Å². The summed E-state index contributed by atoms with van der Waals surface area (Å²) in [6, 6.07) is 6.68. The monoisotopic (exact) mass is 284 g/mol. The lowest BCUT2D eigenvalue weighted by molar-refractivity contribution is -0.135. The first-order chi connectivity index (χ1) is 8.98. The minimum atomic E-state index is -2.95. The van der Waals surface area contributed by atoms with E-state index >= 15 is 0 Å². The first-order valence-electron chi connectivity index (χ1n) is 6.04. The average Bonchev–Trinajstić information content (AvgIpc) is 2.69. The van der Waals surface area contributed by atoms with Crippen molar-refractivity contribution in [1.82, 2.24) is 0 Å². The normalized spacial score (nSPS) is 21.0. The van der Waals surface area contributed by atoms with Crippen molar-refractivity contribution in [2.75, 3.05) is 18.6 Å². The highest BCUT2D eigenvalue weighted by Gasteiger charge is 2.29. The molecule has 1 saturated heterocycles. The molecule has 0 saturated carbocycles. The third-order valence-corrected chi connectivity index (χ3v) is 4.91. The number of hydrogen-bond donors (Lipinski definition) is 0. The van der Waals surface area contributed by atoms with Crippen LogP contribution < -0.4 is 9.47 Å². The third kappa shape index (κ3) is 3.96. The van der Waals surface area contributed by atoms with Gasteiger partial charge in [-0.25, -0.2) is 8.42 Å². The van der Waals surface area contributed by atoms with Crippen molar-refractivity contribution < 1.29 is 22.7 Å². The van der Waals surface area contributed by atoms with Crippen molar-refractivity contribution in [3.8, 4) is 11.5 Å². The maximum absolute atomic E-state index is 11.7. The lowest BCUT2D eigenvalue weighted by atomic mass is 10.1. The van der Waals surface area contributed by atoms with E-state index in [4.69, 9.17) is 9.47 Å². The highest BCUT2D eigenvalue weighted by molar-refractivity contribution is 7.91. The Morgan fingerprint density at radius 2 is 1.89 bits per heavy atom. The Kier molecular flexibility index (Phi) is 4.09. The fourth-order valence-electron chi connectivity index (χ4n) is 2.09. The van der Waals surface area contributed by atoms with Crippen LogP contribution in [0, 0.1) is 5.92 Å². The van der Waals surface area contributed by atoms with E-state index in [-0.39, 0.29) is 23.8 Å². The van der Waals surface area contributed by atoms with Gasteiger partial charge in [0.1, 0.15) is 11.5 Å². The number of ether oxygens (including phenoxy) is 2. The number of rotatable bonds is 4. The summed E-state index contributed by atoms with van der Waals surface area (Å²) in [6.45, 7) is 0. The molecular weight excluding hydrogens is 268 g/mol. The summed E-state index contributed by atoms with van der Waals surface area (Å²) >= 11 is 0. The Morgan fingerprint density at radius 3 is 2.42 bits per heavy atom. The Balaban J connectivity index is 1.87. The zero-order valence-corrected chi connectivity index (χ0v) is 11.5. The van der Waals surface area contributed by atoms with Crippen LogP contribution in [0.1, 0.15) is 12.8 Å². The van der Waals surface area contributed by atoms with Crippen LogP contribution in [0.4, 0.5) is 0 Å². The van der Waals surface area contributed by atoms with Gasteiger partial charge in [0, 0.05) is 6.42 Å². The maximum atomic E-state index is 11.7. The fraction of sp³-hybridized carbons (Fsp3) is 0.462. The van der Waals surface area contributed by atoms with Crippen LogP contribution in [0.25, 0.3) is 0 Å². The summed E-state index contributed by atoms with van der Waals surface area (Å²) in [5.74, 6) is 0.870. The van der Waals surface area contributed by atoms with Crippen molar-refractivity contribution in [2.45, 2.75) is 12.8 Å². The molecule has 0 bridgehead atoms. The molecule has 6 heteroatoms. The molecule has 0 spiro atoms. The second-order valence-corrected chi connectivity index (χ2v) is 6.85. The van der Waals surface area contributed by atoms with Crippen molar-refractivity contribution in [1.29, 1.82) is 0 Å². The molecule has 1 heterocycles. The standard InChI is InChI=1S/C13H16O5S/c1-17-11-2-4-12(5-3-11)18-13(14)8-10-6-7-19(15,16)9-10/h2-5,10H,6-9H2,1H3. The Labute approximate surface area is 112 Å². The number of esters is 1. The molecule has 1 atom stereocenters. The third-order valence-electron chi connectivity index (χ3n) is 3.07. The zero-order valence-electron chi connectivity index (χ0n) is 10.7. The average molecular weight is 284 g/mol. The smallest absolute Gasteiger partial charge is 0.311 e. The molecule has 0 aromatic heterocycles. The Hall–Kier alpha value is -1.56. The van der Waals surface area contributed by atoms with Gasteiger partial charge in [-0.1, -0.05) is 0 Å². The number of benzene rings is 1. The first kappa shape index (κ1) is 13.9. The van der Waals surface area contributed by atoms with Gasteiger partial charge in [-0.05, 0) is 36.6 Å². The van der Waals surface area contributed by atoms with Crippen LogP contribution in [-0.4, -0.2) is 33.0 Å². The molecular formula is C13H16O5S. The molecule has 1 aromatic rings. The molecule has 1 aromatic carbocycles. The second-order valence-electron chi connectivity index (χ2n) is 4.62. The minimum Gasteiger partial charge on any atom is -0.497 e. The van der Waals surface area contributed by atoms with Gasteiger partial charge < -0.3 is 9.47 Å². The molecule has 104 valence electrons. The summed E-state index contributed by atoms with van der Waals surface area (Å²) in [7, 11) is -1.39. The Morgan fingerprint density at radius 1 is 1.26 bits per heavy atom. The molecule has 0 aliphatic carbocycles. The van der Waals surface area contributed by atoms with E-state index in [9.17, 15) is 13.2 Å². The van der Waals surface area contributed by atoms with E-state index in [1.807, 2.05) is 0 Å². The van der Waals surface area contributed by atoms with Crippen LogP contribution in [0.3, 0.4) is 0 Å². The van der Waals surface area contributed by atoms with Crippen LogP contribution >= 0.6 is 0 Å². The number of methoxy groups -OCH3 is 1.